The van der Waals surface area contributed by atoms with Gasteiger partial charge >= 0.3 is 0 Å². The maximum atomic E-state index is 11.7. The highest BCUT2D eigenvalue weighted by atomic mass is 16.5. The van der Waals surface area contributed by atoms with Crippen molar-refractivity contribution in [1.82, 2.24) is 14.9 Å². The Bertz CT molecular complexity index is 1060. The number of hydrogen-bond donors (Lipinski definition) is 1. The maximum absolute atomic E-state index is 11.7. The summed E-state index contributed by atoms with van der Waals surface area (Å²) in [5.74, 6) is 2.35. The van der Waals surface area contributed by atoms with Crippen LogP contribution in [-0.4, -0.2) is 49.4 Å². The molecule has 0 radical (unpaired) electrons. The number of nitrogens with zero attached hydrogens (tertiary/aromatic N) is 2. The van der Waals surface area contributed by atoms with E-state index in [9.17, 15) is 4.79 Å². The quantitative estimate of drug-likeness (QED) is 0.297. The minimum atomic E-state index is -0.120. The molecule has 0 aliphatic heterocycles. The second-order valence-corrected chi connectivity index (χ2v) is 7.73. The Kier molecular flexibility index (Phi) is 9.32. The highest BCUT2D eigenvalue weighted by molar-refractivity contribution is 5.77. The van der Waals surface area contributed by atoms with Gasteiger partial charge in [0.25, 0.3) is 0 Å². The molecule has 33 heavy (non-hydrogen) atoms. The molecule has 7 heteroatoms. The van der Waals surface area contributed by atoms with E-state index in [0.29, 0.717) is 19.6 Å². The lowest BCUT2D eigenvalue weighted by molar-refractivity contribution is -0.124. The molecular formula is C26H33N3O4. The van der Waals surface area contributed by atoms with Crippen molar-refractivity contribution in [3.63, 3.8) is 0 Å². The second kappa shape index (κ2) is 12.6. The van der Waals surface area contributed by atoms with Crippen LogP contribution in [0.5, 0.6) is 11.5 Å². The van der Waals surface area contributed by atoms with Crippen molar-refractivity contribution in [3.05, 3.63) is 66.5 Å². The van der Waals surface area contributed by atoms with Crippen LogP contribution in [0.3, 0.4) is 0 Å². The summed E-state index contributed by atoms with van der Waals surface area (Å²) in [5, 5.41) is 2.87. The first-order valence-electron chi connectivity index (χ1n) is 11.3. The number of hydrogen-bond acceptors (Lipinski definition) is 5. The number of amides is 1. The molecule has 176 valence electrons. The standard InChI is InChI=1S/C26H33N3O4/c1-4-9-20-12-13-23(24(18-20)32-3)33-17-8-7-16-29-22-11-6-5-10-21(22)28-25(29)14-15-27-26(30)19-31-2/h4-6,10-13,18H,1,7-9,14-17,19H2,2-3H3,(H,27,30). The molecule has 0 aliphatic carbocycles. The van der Waals surface area contributed by atoms with Crippen molar-refractivity contribution >= 4 is 16.9 Å². The molecule has 2 aromatic carbocycles. The van der Waals surface area contributed by atoms with Crippen molar-refractivity contribution in [2.45, 2.75) is 32.2 Å². The molecule has 7 nitrogen and oxygen atoms in total. The average Bonchev–Trinajstić information content (AvgIpc) is 3.17. The molecule has 0 aliphatic rings. The molecular weight excluding hydrogens is 418 g/mol. The molecule has 1 heterocycles. The van der Waals surface area contributed by atoms with Crippen molar-refractivity contribution < 1.29 is 19.0 Å². The lowest BCUT2D eigenvalue weighted by Gasteiger charge is -2.13. The van der Waals surface area contributed by atoms with Gasteiger partial charge in [0.1, 0.15) is 12.4 Å². The number of aryl methyl sites for hydroxylation is 1. The van der Waals surface area contributed by atoms with Crippen LogP contribution in [0.4, 0.5) is 0 Å². The molecule has 0 saturated carbocycles. The number of carbonyl (C=O) groups is 1. The first-order chi connectivity index (χ1) is 16.2. The summed E-state index contributed by atoms with van der Waals surface area (Å²) in [4.78, 5) is 16.4. The number of fused-ring (bicyclic) bond motifs is 1. The van der Waals surface area contributed by atoms with Crippen molar-refractivity contribution in [2.24, 2.45) is 0 Å². The summed E-state index contributed by atoms with van der Waals surface area (Å²) in [6, 6.07) is 14.1. The second-order valence-electron chi connectivity index (χ2n) is 7.73. The third kappa shape index (κ3) is 6.83. The Hall–Kier alpha value is -3.32. The summed E-state index contributed by atoms with van der Waals surface area (Å²) in [6.07, 6.45) is 5.17. The zero-order chi connectivity index (χ0) is 23.5. The van der Waals surface area contributed by atoms with E-state index >= 15 is 0 Å². The number of benzene rings is 2. The fourth-order valence-corrected chi connectivity index (χ4v) is 3.74. The van der Waals surface area contributed by atoms with E-state index in [2.05, 4.69) is 22.5 Å². The van der Waals surface area contributed by atoms with Gasteiger partial charge in [-0.1, -0.05) is 24.3 Å². The van der Waals surface area contributed by atoms with Crippen LogP contribution in [0.15, 0.2) is 55.1 Å². The van der Waals surface area contributed by atoms with E-state index in [1.54, 1.807) is 7.11 Å². The van der Waals surface area contributed by atoms with E-state index in [-0.39, 0.29) is 12.5 Å². The van der Waals surface area contributed by atoms with Gasteiger partial charge in [0.2, 0.25) is 5.91 Å². The van der Waals surface area contributed by atoms with Gasteiger partial charge in [-0.05, 0) is 49.1 Å². The van der Waals surface area contributed by atoms with Crippen LogP contribution in [-0.2, 0) is 28.9 Å². The molecule has 0 bridgehead atoms. The number of rotatable bonds is 14. The van der Waals surface area contributed by atoms with Gasteiger partial charge in [-0.25, -0.2) is 4.98 Å². The van der Waals surface area contributed by atoms with Crippen molar-refractivity contribution in [1.29, 1.82) is 0 Å². The number of aromatic nitrogens is 2. The van der Waals surface area contributed by atoms with Crippen LogP contribution in [0, 0.1) is 0 Å². The van der Waals surface area contributed by atoms with Crippen LogP contribution >= 0.6 is 0 Å². The molecule has 0 unspecified atom stereocenters. The molecule has 3 aromatic rings. The summed E-state index contributed by atoms with van der Waals surface area (Å²) < 4.78 is 18.5. The molecule has 1 aromatic heterocycles. The molecule has 1 N–H and O–H groups in total. The summed E-state index contributed by atoms with van der Waals surface area (Å²) >= 11 is 0. The first kappa shape index (κ1) is 24.3. The predicted octanol–water partition coefficient (Wildman–Crippen LogP) is 3.94. The number of para-hydroxylation sites is 2. The van der Waals surface area contributed by atoms with Gasteiger partial charge in [-0.2, -0.15) is 0 Å². The van der Waals surface area contributed by atoms with Gasteiger partial charge < -0.3 is 24.1 Å². The van der Waals surface area contributed by atoms with Gasteiger partial charge in [-0.15, -0.1) is 6.58 Å². The zero-order valence-corrected chi connectivity index (χ0v) is 19.5. The Labute approximate surface area is 195 Å². The fourth-order valence-electron chi connectivity index (χ4n) is 3.74. The molecule has 1 amide bonds. The fraction of sp³-hybridized carbons (Fsp3) is 0.385. The normalized spacial score (nSPS) is 10.8. The van der Waals surface area contributed by atoms with Gasteiger partial charge in [0.15, 0.2) is 11.5 Å². The van der Waals surface area contributed by atoms with E-state index in [4.69, 9.17) is 19.2 Å². The average molecular weight is 452 g/mol. The minimum absolute atomic E-state index is 0.0676. The number of ether oxygens (including phenoxy) is 3. The number of methoxy groups -OCH3 is 2. The molecule has 0 fully saturated rings. The number of imidazole rings is 1. The Morgan fingerprint density at radius 3 is 2.79 bits per heavy atom. The van der Waals surface area contributed by atoms with Crippen LogP contribution in [0.1, 0.15) is 24.2 Å². The smallest absolute Gasteiger partial charge is 0.245 e. The van der Waals surface area contributed by atoms with Gasteiger partial charge in [-0.3, -0.25) is 4.79 Å². The Balaban J connectivity index is 1.55. The molecule has 0 atom stereocenters. The monoisotopic (exact) mass is 451 g/mol. The predicted molar refractivity (Wildman–Crippen MR) is 130 cm³/mol. The third-order valence-corrected chi connectivity index (χ3v) is 5.32. The minimum Gasteiger partial charge on any atom is -0.493 e. The van der Waals surface area contributed by atoms with Crippen LogP contribution in [0.2, 0.25) is 0 Å². The Morgan fingerprint density at radius 2 is 2.00 bits per heavy atom. The first-order valence-corrected chi connectivity index (χ1v) is 11.3. The van der Waals surface area contributed by atoms with E-state index in [1.807, 2.05) is 42.5 Å². The number of nitrogens with one attached hydrogen (secondary N) is 1. The van der Waals surface area contributed by atoms with Crippen molar-refractivity contribution in [3.8, 4) is 11.5 Å². The molecule has 0 spiro atoms. The van der Waals surface area contributed by atoms with Gasteiger partial charge in [0, 0.05) is 26.6 Å². The highest BCUT2D eigenvalue weighted by Crippen LogP contribution is 2.28. The lowest BCUT2D eigenvalue weighted by Crippen LogP contribution is -2.29. The number of allylic oxidation sites excluding steroid dienone is 1. The van der Waals surface area contributed by atoms with Crippen LogP contribution < -0.4 is 14.8 Å². The number of unbranched alkanes of at least 4 members (excludes halogenated alkanes) is 1. The largest absolute Gasteiger partial charge is 0.493 e. The van der Waals surface area contributed by atoms with E-state index in [1.165, 1.54) is 7.11 Å². The third-order valence-electron chi connectivity index (χ3n) is 5.32. The van der Waals surface area contributed by atoms with Gasteiger partial charge in [0.05, 0.1) is 24.8 Å². The summed E-state index contributed by atoms with van der Waals surface area (Å²) in [6.45, 7) is 5.81. The maximum Gasteiger partial charge on any atom is 0.245 e. The SMILES string of the molecule is C=CCc1ccc(OCCCCn2c(CCNC(=O)COC)nc3ccccc32)c(OC)c1. The highest BCUT2D eigenvalue weighted by Gasteiger charge is 2.11. The molecule has 3 rings (SSSR count). The van der Waals surface area contributed by atoms with Crippen molar-refractivity contribution in [2.75, 3.05) is 34.0 Å². The summed E-state index contributed by atoms with van der Waals surface area (Å²) in [7, 11) is 3.17. The van der Waals surface area contributed by atoms with E-state index in [0.717, 1.165) is 59.7 Å². The number of carbonyl (C=O) groups excluding carboxylic acids is 1. The zero-order valence-electron chi connectivity index (χ0n) is 19.5. The summed E-state index contributed by atoms with van der Waals surface area (Å²) in [5.41, 5.74) is 3.22. The molecule has 0 saturated heterocycles. The Morgan fingerprint density at radius 1 is 1.15 bits per heavy atom. The van der Waals surface area contributed by atoms with E-state index < -0.39 is 0 Å². The topological polar surface area (TPSA) is 74.6 Å². The lowest BCUT2D eigenvalue weighted by atomic mass is 10.1. The van der Waals surface area contributed by atoms with Crippen LogP contribution in [0.25, 0.3) is 11.0 Å².